The van der Waals surface area contributed by atoms with Crippen LogP contribution < -0.4 is 0 Å². The van der Waals surface area contributed by atoms with Gasteiger partial charge in [-0.1, -0.05) is 0 Å². The molecule has 2 saturated carbocycles. The topological polar surface area (TPSA) is 94.3 Å². The summed E-state index contributed by atoms with van der Waals surface area (Å²) < 4.78 is 11.6. The molecule has 27 heavy (non-hydrogen) atoms. The normalized spacial score (nSPS) is 44.1. The van der Waals surface area contributed by atoms with Gasteiger partial charge in [-0.3, -0.25) is 14.9 Å². The molecule has 0 aromatic carbocycles. The first-order valence-corrected chi connectivity index (χ1v) is 10.4. The number of ether oxygens (including phenoxy) is 2. The van der Waals surface area contributed by atoms with Crippen LogP contribution in [0.25, 0.3) is 0 Å². The molecule has 148 valence electrons. The highest BCUT2D eigenvalue weighted by Crippen LogP contribution is 2.46. The maximum absolute atomic E-state index is 12.4. The van der Waals surface area contributed by atoms with E-state index in [1.165, 1.54) is 0 Å². The summed E-state index contributed by atoms with van der Waals surface area (Å²) in [5, 5.41) is 17.8. The van der Waals surface area contributed by atoms with Gasteiger partial charge in [0.25, 0.3) is 0 Å². The number of rotatable bonds is 2. The molecule has 0 aromatic rings. The average Bonchev–Trinajstić information content (AvgIpc) is 3.21. The second-order valence-corrected chi connectivity index (χ2v) is 8.85. The lowest BCUT2D eigenvalue weighted by atomic mass is 9.67. The van der Waals surface area contributed by atoms with Gasteiger partial charge in [0, 0.05) is 35.8 Å². The Hall–Kier alpha value is -1.54. The molecule has 4 fully saturated rings. The Morgan fingerprint density at radius 2 is 1.78 bits per heavy atom. The number of carbonyl (C=O) groups excluding carboxylic acids is 1. The van der Waals surface area contributed by atoms with Crippen LogP contribution in [0, 0.1) is 27.9 Å². The molecule has 0 aromatic heterocycles. The summed E-state index contributed by atoms with van der Waals surface area (Å²) in [6.45, 7) is 0.378. The zero-order valence-electron chi connectivity index (χ0n) is 15.5. The number of amides is 1. The quantitative estimate of drug-likeness (QED) is 0.544. The molecule has 0 bridgehead atoms. The van der Waals surface area contributed by atoms with Gasteiger partial charge in [-0.15, -0.1) is 0 Å². The van der Waals surface area contributed by atoms with Crippen molar-refractivity contribution < 1.29 is 19.2 Å². The molecule has 0 radical (unpaired) electrons. The minimum atomic E-state index is -0.424. The van der Waals surface area contributed by atoms with Gasteiger partial charge >= 0.3 is 0 Å². The van der Waals surface area contributed by atoms with Gasteiger partial charge in [-0.2, -0.15) is 5.10 Å². The van der Waals surface area contributed by atoms with Crippen LogP contribution in [0.4, 0.5) is 0 Å². The van der Waals surface area contributed by atoms with Gasteiger partial charge in [-0.25, -0.2) is 5.01 Å². The van der Waals surface area contributed by atoms with E-state index in [2.05, 4.69) is 0 Å². The lowest BCUT2D eigenvalue weighted by Crippen LogP contribution is -2.43. The van der Waals surface area contributed by atoms with Crippen molar-refractivity contribution in [1.29, 1.82) is 0 Å². The van der Waals surface area contributed by atoms with Gasteiger partial charge in [0.15, 0.2) is 0 Å². The van der Waals surface area contributed by atoms with Crippen LogP contribution in [0.5, 0.6) is 0 Å². The first-order valence-electron chi connectivity index (χ1n) is 10.4. The molecular formula is C19H27N3O5. The van der Waals surface area contributed by atoms with Crippen LogP contribution in [0.2, 0.25) is 0 Å². The Balaban J connectivity index is 1.43. The molecule has 5 atom stereocenters. The van der Waals surface area contributed by atoms with E-state index in [1.807, 2.05) is 0 Å². The summed E-state index contributed by atoms with van der Waals surface area (Å²) >= 11 is 0. The fourth-order valence-electron chi connectivity index (χ4n) is 6.00. The third-order valence-corrected chi connectivity index (χ3v) is 7.45. The largest absolute Gasteiger partial charge is 0.349 e. The Morgan fingerprint density at radius 1 is 1.04 bits per heavy atom. The minimum Gasteiger partial charge on any atom is -0.349 e. The number of hydrogen-bond donors (Lipinski definition) is 0. The van der Waals surface area contributed by atoms with Crippen molar-refractivity contribution >= 4 is 11.6 Å². The van der Waals surface area contributed by atoms with Crippen LogP contribution in [-0.4, -0.2) is 52.6 Å². The van der Waals surface area contributed by atoms with Crippen molar-refractivity contribution in [2.75, 3.05) is 6.79 Å². The Labute approximate surface area is 158 Å². The maximum Gasteiger partial charge on any atom is 0.242 e. The molecule has 5 aliphatic rings. The summed E-state index contributed by atoms with van der Waals surface area (Å²) in [6.07, 6.45) is 7.43. The van der Waals surface area contributed by atoms with Crippen LogP contribution in [0.3, 0.4) is 0 Å². The number of nitro groups is 1. The predicted octanol–water partition coefficient (Wildman–Crippen LogP) is 2.34. The van der Waals surface area contributed by atoms with Gasteiger partial charge < -0.3 is 9.47 Å². The summed E-state index contributed by atoms with van der Waals surface area (Å²) in [6, 6.07) is -0.219. The molecule has 2 aliphatic carbocycles. The van der Waals surface area contributed by atoms with Crippen molar-refractivity contribution in [2.24, 2.45) is 22.9 Å². The highest BCUT2D eigenvalue weighted by molar-refractivity contribution is 5.91. The minimum absolute atomic E-state index is 0.121. The van der Waals surface area contributed by atoms with Crippen molar-refractivity contribution in [3.05, 3.63) is 10.1 Å². The number of hydrazone groups is 1. The van der Waals surface area contributed by atoms with Gasteiger partial charge in [0.05, 0.1) is 18.2 Å². The highest BCUT2D eigenvalue weighted by atomic mass is 16.7. The van der Waals surface area contributed by atoms with E-state index in [0.717, 1.165) is 44.2 Å². The first-order chi connectivity index (χ1) is 13.1. The molecule has 0 spiro atoms. The predicted molar refractivity (Wildman–Crippen MR) is 95.5 cm³/mol. The zero-order chi connectivity index (χ0) is 18.5. The lowest BCUT2D eigenvalue weighted by Gasteiger charge is -2.39. The molecule has 8 heteroatoms. The van der Waals surface area contributed by atoms with Crippen molar-refractivity contribution in [3.63, 3.8) is 0 Å². The van der Waals surface area contributed by atoms with E-state index in [0.29, 0.717) is 37.9 Å². The van der Waals surface area contributed by atoms with E-state index in [4.69, 9.17) is 14.6 Å². The van der Waals surface area contributed by atoms with E-state index in [-0.39, 0.29) is 35.0 Å². The van der Waals surface area contributed by atoms with E-state index in [1.54, 1.807) is 5.01 Å². The smallest absolute Gasteiger partial charge is 0.242 e. The molecule has 0 N–H and O–H groups in total. The summed E-state index contributed by atoms with van der Waals surface area (Å²) in [5.74, 6) is 1.15. The molecular weight excluding hydrogens is 350 g/mol. The van der Waals surface area contributed by atoms with Crippen LogP contribution >= 0.6 is 0 Å². The molecule has 3 heterocycles. The monoisotopic (exact) mass is 377 g/mol. The summed E-state index contributed by atoms with van der Waals surface area (Å²) in [4.78, 5) is 23.4. The fourth-order valence-corrected chi connectivity index (χ4v) is 6.00. The number of carbonyl (C=O) groups is 1. The lowest BCUT2D eigenvalue weighted by molar-refractivity contribution is -0.526. The van der Waals surface area contributed by atoms with E-state index in [9.17, 15) is 14.9 Å². The van der Waals surface area contributed by atoms with Crippen LogP contribution in [0.1, 0.15) is 57.8 Å². The molecule has 1 amide bonds. The molecule has 2 saturated heterocycles. The van der Waals surface area contributed by atoms with E-state index < -0.39 is 6.04 Å². The van der Waals surface area contributed by atoms with E-state index >= 15 is 0 Å². The Morgan fingerprint density at radius 3 is 2.52 bits per heavy atom. The van der Waals surface area contributed by atoms with Crippen LogP contribution in [-0.2, 0) is 14.3 Å². The standard InChI is InChI=1S/C19H27N3O5/c23-18-6-5-14-7-12-8-16-17(27-10-26-16)9-15(12)19(20-21(14)18)11-1-3-13(4-2-11)22(24)25/h11-17H,1-10H2. The number of hydrogen-bond acceptors (Lipinski definition) is 6. The Bertz CT molecular complexity index is 660. The SMILES string of the molecule is O=C1CCC2CC3CC4OCOC4CC3C(C3CCC([N+](=O)[O-])CC3)=NN12. The maximum atomic E-state index is 12.4. The molecule has 3 aliphatic heterocycles. The van der Waals surface area contributed by atoms with Crippen molar-refractivity contribution in [1.82, 2.24) is 5.01 Å². The van der Waals surface area contributed by atoms with Crippen LogP contribution in [0.15, 0.2) is 5.10 Å². The fraction of sp³-hybridized carbons (Fsp3) is 0.895. The Kier molecular flexibility index (Phi) is 4.43. The van der Waals surface area contributed by atoms with Crippen molar-refractivity contribution in [3.8, 4) is 0 Å². The average molecular weight is 377 g/mol. The first kappa shape index (κ1) is 17.6. The van der Waals surface area contributed by atoms with Gasteiger partial charge in [0.1, 0.15) is 6.79 Å². The molecule has 5 rings (SSSR count). The third-order valence-electron chi connectivity index (χ3n) is 7.45. The number of nitrogens with zero attached hydrogens (tertiary/aromatic N) is 3. The second kappa shape index (κ2) is 6.81. The third kappa shape index (κ3) is 3.06. The second-order valence-electron chi connectivity index (χ2n) is 8.85. The molecule has 5 unspecified atom stereocenters. The highest BCUT2D eigenvalue weighted by Gasteiger charge is 2.49. The number of fused-ring (bicyclic) bond motifs is 3. The zero-order valence-corrected chi connectivity index (χ0v) is 15.5. The molecule has 8 nitrogen and oxygen atoms in total. The summed E-state index contributed by atoms with van der Waals surface area (Å²) in [7, 11) is 0. The van der Waals surface area contributed by atoms with Crippen molar-refractivity contribution in [2.45, 2.75) is 82.1 Å². The summed E-state index contributed by atoms with van der Waals surface area (Å²) in [5.41, 5.74) is 1.12. The van der Waals surface area contributed by atoms with Gasteiger partial charge in [-0.05, 0) is 50.4 Å². The van der Waals surface area contributed by atoms with Gasteiger partial charge in [0.2, 0.25) is 11.9 Å².